The van der Waals surface area contributed by atoms with Crippen molar-refractivity contribution in [3.8, 4) is 0 Å². The molecule has 2 aromatic rings. The van der Waals surface area contributed by atoms with E-state index in [1.54, 1.807) is 31.1 Å². The number of hydrogen-bond acceptors (Lipinski definition) is 2. The van der Waals surface area contributed by atoms with Crippen molar-refractivity contribution in [1.82, 2.24) is 0 Å². The van der Waals surface area contributed by atoms with Crippen LogP contribution < -0.4 is 9.80 Å². The fraction of sp³-hybridized carbons (Fsp3) is 0.364. The topological polar surface area (TPSA) is 6.48 Å². The van der Waals surface area contributed by atoms with Crippen molar-refractivity contribution in [2.24, 2.45) is 5.92 Å². The number of benzene rings is 2. The summed E-state index contributed by atoms with van der Waals surface area (Å²) in [4.78, 5) is 3.31. The average molecular weight is 488 g/mol. The predicted molar refractivity (Wildman–Crippen MR) is 120 cm³/mol. The second kappa shape index (κ2) is 7.40. The second-order valence-electron chi connectivity index (χ2n) is 6.60. The molecule has 0 spiro atoms. The molecule has 0 radical (unpaired) electrons. The highest BCUT2D eigenvalue weighted by Gasteiger charge is 2.33. The molecular formula is C22H26Br2N2. The normalized spacial score (nSPS) is 23.4. The summed E-state index contributed by atoms with van der Waals surface area (Å²) in [6, 6.07) is -0.635. The lowest BCUT2D eigenvalue weighted by molar-refractivity contribution is 0.499. The molecule has 2 nitrogen and oxygen atoms in total. The van der Waals surface area contributed by atoms with Crippen LogP contribution in [-0.2, 0) is 0 Å². The van der Waals surface area contributed by atoms with Crippen LogP contribution in [0.5, 0.6) is 0 Å². The van der Waals surface area contributed by atoms with Gasteiger partial charge in [0.25, 0.3) is 0 Å². The average Bonchev–Trinajstić information content (AvgIpc) is 3.17. The van der Waals surface area contributed by atoms with Crippen molar-refractivity contribution in [3.63, 3.8) is 0 Å². The van der Waals surface area contributed by atoms with Crippen LogP contribution in [0.4, 0.5) is 11.4 Å². The molecule has 0 fully saturated rings. The Bertz CT molecular complexity index is 1180. The third-order valence-corrected chi connectivity index (χ3v) is 5.11. The Kier molecular flexibility index (Phi) is 2.94. The fourth-order valence-corrected chi connectivity index (χ4v) is 4.40. The molecule has 0 saturated heterocycles. The van der Waals surface area contributed by atoms with E-state index in [0.29, 0.717) is 21.3 Å². The monoisotopic (exact) mass is 486 g/mol. The summed E-state index contributed by atoms with van der Waals surface area (Å²) in [7, 11) is 0. The predicted octanol–water partition coefficient (Wildman–Crippen LogP) is 7.23. The van der Waals surface area contributed by atoms with Gasteiger partial charge in [0.2, 0.25) is 0 Å². The zero-order valence-corrected chi connectivity index (χ0v) is 18.1. The minimum absolute atomic E-state index is 0.145. The van der Waals surface area contributed by atoms with Crippen molar-refractivity contribution in [2.75, 3.05) is 9.80 Å². The molecule has 4 heteroatoms. The van der Waals surface area contributed by atoms with Gasteiger partial charge in [-0.3, -0.25) is 0 Å². The largest absolute Gasteiger partial charge is 0.325 e. The molecule has 1 aliphatic rings. The Morgan fingerprint density at radius 3 is 1.62 bits per heavy atom. The zero-order chi connectivity index (χ0) is 27.7. The van der Waals surface area contributed by atoms with Crippen molar-refractivity contribution >= 4 is 43.2 Å². The summed E-state index contributed by atoms with van der Waals surface area (Å²) >= 11 is 6.38. The Labute approximate surface area is 188 Å². The minimum Gasteiger partial charge on any atom is -0.325 e. The molecule has 0 aliphatic carbocycles. The molecule has 2 aromatic carbocycles. The second-order valence-corrected chi connectivity index (χ2v) is 8.18. The lowest BCUT2D eigenvalue weighted by Crippen LogP contribution is -2.43. The summed E-state index contributed by atoms with van der Waals surface area (Å²) < 4.78 is 83.0. The molecule has 138 valence electrons. The molecule has 0 aromatic heterocycles. The van der Waals surface area contributed by atoms with Gasteiger partial charge in [0.05, 0.1) is 5.48 Å². The van der Waals surface area contributed by atoms with E-state index in [9.17, 15) is 0 Å². The maximum Gasteiger partial charge on any atom is 0.112 e. The molecule has 0 amide bonds. The molecule has 0 bridgehead atoms. The van der Waals surface area contributed by atoms with E-state index in [2.05, 4.69) is 31.9 Å². The lowest BCUT2D eigenvalue weighted by Gasteiger charge is -2.38. The van der Waals surface area contributed by atoms with Gasteiger partial charge in [0, 0.05) is 40.9 Å². The highest BCUT2D eigenvalue weighted by Crippen LogP contribution is 2.40. The van der Waals surface area contributed by atoms with E-state index in [0.717, 1.165) is 0 Å². The zero-order valence-electron chi connectivity index (χ0n) is 25.0. The molecule has 1 aliphatic heterocycles. The highest BCUT2D eigenvalue weighted by atomic mass is 79.9. The summed E-state index contributed by atoms with van der Waals surface area (Å²) in [5.41, 5.74) is 0.650. The van der Waals surface area contributed by atoms with E-state index < -0.39 is 43.1 Å². The van der Waals surface area contributed by atoms with E-state index >= 15 is 0 Å². The smallest absolute Gasteiger partial charge is 0.112 e. The molecule has 3 rings (SSSR count). The van der Waals surface area contributed by atoms with Crippen LogP contribution in [0.1, 0.15) is 49.8 Å². The van der Waals surface area contributed by atoms with Gasteiger partial charge in [-0.25, -0.2) is 0 Å². The quantitative estimate of drug-likeness (QED) is 0.450. The Morgan fingerprint density at radius 2 is 1.23 bits per heavy atom. The highest BCUT2D eigenvalue weighted by molar-refractivity contribution is 9.10. The summed E-state index contributed by atoms with van der Waals surface area (Å²) in [5, 5.41) is 0. The molecule has 1 atom stereocenters. The first kappa shape index (κ1) is 10.3. The van der Waals surface area contributed by atoms with E-state index in [4.69, 9.17) is 13.7 Å². The number of hydrogen-bond donors (Lipinski definition) is 0. The number of nitrogens with zero attached hydrogens (tertiary/aromatic N) is 2. The molecular weight excluding hydrogens is 452 g/mol. The third kappa shape index (κ3) is 3.46. The van der Waals surface area contributed by atoms with Gasteiger partial charge in [-0.1, -0.05) is 45.7 Å². The summed E-state index contributed by atoms with van der Waals surface area (Å²) in [6.45, 7) is 1.62. The van der Waals surface area contributed by atoms with Gasteiger partial charge in [-0.15, -0.1) is 0 Å². The van der Waals surface area contributed by atoms with E-state index in [-0.39, 0.29) is 28.2 Å². The van der Waals surface area contributed by atoms with Crippen molar-refractivity contribution in [1.29, 1.82) is 0 Å². The van der Waals surface area contributed by atoms with Crippen LogP contribution in [0.15, 0.2) is 45.5 Å². The molecule has 1 unspecified atom stereocenters. The van der Waals surface area contributed by atoms with E-state index in [1.165, 1.54) is 4.90 Å². The van der Waals surface area contributed by atoms with Gasteiger partial charge in [0.1, 0.15) is 6.17 Å². The standard InChI is InChI=1S/C22H26Br2N2/c1-13(2)22-25(20-14(3)9-18(23)10-15(20)4)7-8-26(22)21-16(5)11-19(24)12-17(21)6/h7-13,22H,1-6H3/i3D3,4D3,9D,10D,11D,12D. The molecule has 26 heavy (non-hydrogen) atoms. The minimum atomic E-state index is -2.84. The van der Waals surface area contributed by atoms with Crippen LogP contribution in [0.2, 0.25) is 0 Å². The van der Waals surface area contributed by atoms with Crippen molar-refractivity contribution < 1.29 is 13.7 Å². The van der Waals surface area contributed by atoms with Gasteiger partial charge in [0.15, 0.2) is 0 Å². The van der Waals surface area contributed by atoms with Crippen LogP contribution >= 0.6 is 31.9 Å². The van der Waals surface area contributed by atoms with Crippen molar-refractivity contribution in [3.05, 3.63) is 67.8 Å². The van der Waals surface area contributed by atoms with Gasteiger partial charge in [-0.05, 0) is 79.9 Å². The molecule has 1 heterocycles. The Hall–Kier alpha value is -1.26. The fourth-order valence-electron chi connectivity index (χ4n) is 3.41. The summed E-state index contributed by atoms with van der Waals surface area (Å²) in [6.07, 6.45) is 2.56. The van der Waals surface area contributed by atoms with Crippen LogP contribution in [0, 0.1) is 33.5 Å². The number of anilines is 2. The van der Waals surface area contributed by atoms with Gasteiger partial charge < -0.3 is 9.80 Å². The number of rotatable bonds is 3. The summed E-state index contributed by atoms with van der Waals surface area (Å²) in [5.74, 6) is -0.202. The Morgan fingerprint density at radius 1 is 0.846 bits per heavy atom. The van der Waals surface area contributed by atoms with Crippen LogP contribution in [0.25, 0.3) is 0 Å². The lowest BCUT2D eigenvalue weighted by atomic mass is 10.0. The first-order chi connectivity index (χ1) is 16.3. The SMILES string of the molecule is [2H]c1c(C)c(N2C=CN(c3c(C([2H])([2H])[2H])c([2H])c(Br)c([2H])c3C([2H])([2H])[2H])C2C(C)C)c(C)c([2H])c1Br. The first-order valence-corrected chi connectivity index (χ1v) is 9.77. The van der Waals surface area contributed by atoms with Crippen LogP contribution in [0.3, 0.4) is 0 Å². The first-order valence-electron chi connectivity index (χ1n) is 13.2. The molecule has 0 N–H and O–H groups in total. The third-order valence-electron chi connectivity index (χ3n) is 4.32. The maximum atomic E-state index is 8.50. The molecule has 0 saturated carbocycles. The van der Waals surface area contributed by atoms with Gasteiger partial charge >= 0.3 is 0 Å². The van der Waals surface area contributed by atoms with Gasteiger partial charge in [-0.2, -0.15) is 0 Å². The van der Waals surface area contributed by atoms with Crippen LogP contribution in [-0.4, -0.2) is 6.17 Å². The van der Waals surface area contributed by atoms with E-state index in [1.807, 2.05) is 13.8 Å². The number of halogens is 2. The van der Waals surface area contributed by atoms with Crippen molar-refractivity contribution in [2.45, 2.75) is 47.6 Å². The maximum absolute atomic E-state index is 8.50. The Balaban J connectivity index is 2.41.